The lowest BCUT2D eigenvalue weighted by Gasteiger charge is -2.03. The lowest BCUT2D eigenvalue weighted by Crippen LogP contribution is -2.27. The number of hydrogen-bond acceptors (Lipinski definition) is 6. The Kier molecular flexibility index (Phi) is 5.13. The van der Waals surface area contributed by atoms with Gasteiger partial charge < -0.3 is 4.57 Å². The van der Waals surface area contributed by atoms with E-state index in [2.05, 4.69) is 15.4 Å². The van der Waals surface area contributed by atoms with Gasteiger partial charge in [-0.2, -0.15) is 14.4 Å². The number of carbonyl (C=O) groups excluding carboxylic acids is 1. The summed E-state index contributed by atoms with van der Waals surface area (Å²) in [5.74, 6) is -0.458. The first kappa shape index (κ1) is 18.3. The van der Waals surface area contributed by atoms with Crippen molar-refractivity contribution in [1.82, 2.24) is 24.4 Å². The lowest BCUT2D eigenvalue weighted by atomic mass is 10.1. The number of aryl methyl sites for hydroxylation is 1. The highest BCUT2D eigenvalue weighted by molar-refractivity contribution is 7.12. The van der Waals surface area contributed by atoms with Crippen LogP contribution < -0.4 is 10.5 Å². The summed E-state index contributed by atoms with van der Waals surface area (Å²) in [6, 6.07) is 11.8. The molecule has 10 heteroatoms. The van der Waals surface area contributed by atoms with Crippen LogP contribution in [0.1, 0.15) is 11.1 Å². The molecule has 0 bridgehead atoms. The molecule has 0 N–H and O–H groups in total. The number of carbonyl (C=O) groups is 1. The van der Waals surface area contributed by atoms with Gasteiger partial charge in [-0.25, -0.2) is 4.79 Å². The molecule has 0 aliphatic carbocycles. The lowest BCUT2D eigenvalue weighted by molar-refractivity contribution is -0.118. The third kappa shape index (κ3) is 3.92. The molecular weight excluding hydrogens is 396 g/mol. The largest absolute Gasteiger partial charge is 0.369 e. The number of benzene rings is 1. The summed E-state index contributed by atoms with van der Waals surface area (Å²) in [6.45, 7) is 2.40. The number of aromatic nitrogens is 5. The summed E-state index contributed by atoms with van der Waals surface area (Å²) in [5, 5.41) is 12.0. The standard InChI is InChI=1S/C18H16N6O2S2/c1-13-4-6-14(7-5-13)11-22-8-10-28-17(22)19-15(25)12-23-18(26)24(21-20-23)16-3-2-9-27-16/h2-10H,11-12H2,1H3. The van der Waals surface area contributed by atoms with E-state index in [0.29, 0.717) is 16.3 Å². The maximum Gasteiger partial charge on any atom is 0.369 e. The molecule has 1 amide bonds. The van der Waals surface area contributed by atoms with Gasteiger partial charge in [0.15, 0.2) is 4.80 Å². The van der Waals surface area contributed by atoms with Crippen LogP contribution in [-0.2, 0) is 17.9 Å². The first-order valence-corrected chi connectivity index (χ1v) is 10.2. The Bertz CT molecular complexity index is 1210. The van der Waals surface area contributed by atoms with Gasteiger partial charge in [-0.15, -0.1) is 22.7 Å². The van der Waals surface area contributed by atoms with E-state index in [9.17, 15) is 9.59 Å². The molecule has 28 heavy (non-hydrogen) atoms. The van der Waals surface area contributed by atoms with E-state index in [4.69, 9.17) is 0 Å². The smallest absolute Gasteiger partial charge is 0.319 e. The second kappa shape index (κ2) is 7.87. The Labute approximate surface area is 167 Å². The molecule has 0 atom stereocenters. The summed E-state index contributed by atoms with van der Waals surface area (Å²) >= 11 is 2.73. The summed E-state index contributed by atoms with van der Waals surface area (Å²) in [6.07, 6.45) is 1.88. The number of tetrazole rings is 1. The quantitative estimate of drug-likeness (QED) is 0.500. The Balaban J connectivity index is 1.53. The molecule has 8 nitrogen and oxygen atoms in total. The molecule has 0 aliphatic heterocycles. The molecule has 0 saturated heterocycles. The summed E-state index contributed by atoms with van der Waals surface area (Å²) in [5.41, 5.74) is 1.85. The highest BCUT2D eigenvalue weighted by Gasteiger charge is 2.12. The van der Waals surface area contributed by atoms with E-state index < -0.39 is 11.6 Å². The maximum atomic E-state index is 12.4. The third-order valence-electron chi connectivity index (χ3n) is 3.99. The minimum Gasteiger partial charge on any atom is -0.319 e. The van der Waals surface area contributed by atoms with E-state index in [-0.39, 0.29) is 6.54 Å². The minimum absolute atomic E-state index is 0.257. The molecule has 142 valence electrons. The van der Waals surface area contributed by atoms with Crippen molar-refractivity contribution in [1.29, 1.82) is 0 Å². The highest BCUT2D eigenvalue weighted by Crippen LogP contribution is 2.10. The van der Waals surface area contributed by atoms with Crippen LogP contribution in [0, 0.1) is 6.92 Å². The van der Waals surface area contributed by atoms with Crippen molar-refractivity contribution in [2.45, 2.75) is 20.0 Å². The predicted octanol–water partition coefficient (Wildman–Crippen LogP) is 1.84. The molecule has 0 radical (unpaired) electrons. The topological polar surface area (TPSA) is 87.1 Å². The van der Waals surface area contributed by atoms with Crippen LogP contribution in [-0.4, -0.2) is 30.3 Å². The van der Waals surface area contributed by atoms with Gasteiger partial charge >= 0.3 is 5.69 Å². The van der Waals surface area contributed by atoms with E-state index in [1.54, 1.807) is 6.07 Å². The van der Waals surface area contributed by atoms with E-state index >= 15 is 0 Å². The zero-order chi connectivity index (χ0) is 19.5. The first-order chi connectivity index (χ1) is 13.6. The zero-order valence-corrected chi connectivity index (χ0v) is 16.6. The molecule has 0 fully saturated rings. The molecule has 0 aliphatic rings. The van der Waals surface area contributed by atoms with Crippen LogP contribution >= 0.6 is 22.7 Å². The Morgan fingerprint density at radius 3 is 2.68 bits per heavy atom. The molecule has 3 heterocycles. The SMILES string of the molecule is Cc1ccc(Cn2ccsc2=NC(=O)Cn2nnn(-c3cccs3)c2=O)cc1. The molecular formula is C18H16N6O2S2. The Morgan fingerprint density at radius 1 is 1.11 bits per heavy atom. The van der Waals surface area contributed by atoms with Crippen molar-refractivity contribution >= 4 is 28.6 Å². The van der Waals surface area contributed by atoms with Gasteiger partial charge in [-0.05, 0) is 40.4 Å². The van der Waals surface area contributed by atoms with Crippen LogP contribution in [0.15, 0.2) is 63.1 Å². The number of nitrogens with zero attached hydrogens (tertiary/aromatic N) is 6. The van der Waals surface area contributed by atoms with Crippen molar-refractivity contribution in [2.24, 2.45) is 4.99 Å². The zero-order valence-electron chi connectivity index (χ0n) is 14.9. The van der Waals surface area contributed by atoms with Gasteiger partial charge in [-0.1, -0.05) is 29.8 Å². The maximum absolute atomic E-state index is 12.4. The Hall–Kier alpha value is -3.11. The first-order valence-electron chi connectivity index (χ1n) is 8.44. The second-order valence-electron chi connectivity index (χ2n) is 6.09. The van der Waals surface area contributed by atoms with Crippen molar-refractivity contribution in [3.8, 4) is 5.00 Å². The van der Waals surface area contributed by atoms with E-state index in [1.807, 2.05) is 58.8 Å². The second-order valence-corrected chi connectivity index (χ2v) is 7.89. The molecule has 0 unspecified atom stereocenters. The van der Waals surface area contributed by atoms with E-state index in [1.165, 1.54) is 32.9 Å². The molecule has 4 rings (SSSR count). The minimum atomic E-state index is -0.468. The van der Waals surface area contributed by atoms with Crippen molar-refractivity contribution in [3.05, 3.63) is 79.8 Å². The molecule has 4 aromatic rings. The van der Waals surface area contributed by atoms with E-state index in [0.717, 1.165) is 10.2 Å². The van der Waals surface area contributed by atoms with Crippen LogP contribution in [0.4, 0.5) is 0 Å². The van der Waals surface area contributed by atoms with Crippen LogP contribution in [0.25, 0.3) is 5.00 Å². The number of thiophene rings is 1. The fraction of sp³-hybridized carbons (Fsp3) is 0.167. The summed E-state index contributed by atoms with van der Waals surface area (Å²) in [4.78, 5) is 29.4. The Morgan fingerprint density at radius 2 is 1.93 bits per heavy atom. The number of rotatable bonds is 5. The van der Waals surface area contributed by atoms with Gasteiger partial charge in [-0.3, -0.25) is 4.79 Å². The van der Waals surface area contributed by atoms with Gasteiger partial charge in [0.25, 0.3) is 5.91 Å². The monoisotopic (exact) mass is 412 g/mol. The van der Waals surface area contributed by atoms with Crippen molar-refractivity contribution in [2.75, 3.05) is 0 Å². The van der Waals surface area contributed by atoms with Crippen LogP contribution in [0.2, 0.25) is 0 Å². The van der Waals surface area contributed by atoms with Crippen LogP contribution in [0.5, 0.6) is 0 Å². The summed E-state index contributed by atoms with van der Waals surface area (Å²) < 4.78 is 4.09. The van der Waals surface area contributed by atoms with Crippen molar-refractivity contribution in [3.63, 3.8) is 0 Å². The average molecular weight is 413 g/mol. The fourth-order valence-electron chi connectivity index (χ4n) is 2.57. The van der Waals surface area contributed by atoms with Gasteiger partial charge in [0.05, 0.1) is 0 Å². The third-order valence-corrected chi connectivity index (χ3v) is 5.63. The predicted molar refractivity (Wildman–Crippen MR) is 107 cm³/mol. The number of hydrogen-bond donors (Lipinski definition) is 0. The number of thiazole rings is 1. The molecule has 3 aromatic heterocycles. The summed E-state index contributed by atoms with van der Waals surface area (Å²) in [7, 11) is 0. The highest BCUT2D eigenvalue weighted by atomic mass is 32.1. The molecule has 1 aromatic carbocycles. The van der Waals surface area contributed by atoms with Gasteiger partial charge in [0.1, 0.15) is 11.5 Å². The normalized spacial score (nSPS) is 11.8. The molecule has 0 spiro atoms. The number of amides is 1. The van der Waals surface area contributed by atoms with Gasteiger partial charge in [0, 0.05) is 18.1 Å². The van der Waals surface area contributed by atoms with Crippen molar-refractivity contribution < 1.29 is 4.79 Å². The fourth-order valence-corrected chi connectivity index (χ4v) is 3.98. The van der Waals surface area contributed by atoms with Gasteiger partial charge in [0.2, 0.25) is 0 Å². The molecule has 0 saturated carbocycles. The average Bonchev–Trinajstić information content (AvgIpc) is 3.41. The van der Waals surface area contributed by atoms with Crippen LogP contribution in [0.3, 0.4) is 0 Å².